The van der Waals surface area contributed by atoms with E-state index in [1.165, 1.54) is 28.8 Å². The summed E-state index contributed by atoms with van der Waals surface area (Å²) < 4.78 is 13.3. The Hall–Kier alpha value is -4.80. The second-order valence-electron chi connectivity index (χ2n) is 14.6. The number of benzene rings is 4. The molecule has 0 N–H and O–H groups in total. The number of allylic oxidation sites excluding steroid dienone is 2. The van der Waals surface area contributed by atoms with E-state index in [0.717, 1.165) is 59.3 Å². The van der Waals surface area contributed by atoms with Crippen LogP contribution in [0.5, 0.6) is 0 Å². The number of nitrogens with zero attached hydrogens (tertiary/aromatic N) is 4. The molecule has 1 fully saturated rings. The molecule has 3 heterocycles. The maximum atomic E-state index is 8.69. The number of halogens is 3. The van der Waals surface area contributed by atoms with Gasteiger partial charge in [0.25, 0.3) is 0 Å². The predicted octanol–water partition coefficient (Wildman–Crippen LogP) is 12.5. The van der Waals surface area contributed by atoms with Crippen LogP contribution in [0.3, 0.4) is 0 Å². The first-order chi connectivity index (χ1) is 26.5. The van der Waals surface area contributed by atoms with Crippen molar-refractivity contribution in [3.8, 4) is 23.3 Å². The van der Waals surface area contributed by atoms with Crippen LogP contribution in [-0.2, 0) is 9.31 Å². The highest BCUT2D eigenvalue weighted by molar-refractivity contribution is 9.10. The van der Waals surface area contributed by atoms with Crippen molar-refractivity contribution in [1.82, 2.24) is 9.97 Å². The van der Waals surface area contributed by atoms with Gasteiger partial charge in [0.2, 0.25) is 0 Å². The summed E-state index contributed by atoms with van der Waals surface area (Å²) in [4.78, 5) is 8.15. The first-order valence-electron chi connectivity index (χ1n) is 18.0. The molecule has 10 heteroatoms. The lowest BCUT2D eigenvalue weighted by Gasteiger charge is -2.32. The standard InChI is InChI=1S/C20H15ClN2.C17H22BNO2.C9H5BrClN/c1-13-9-15(5-4-8-22)10-14(2)20(13)17-7-3-6-16-12-23-19(21)11-18(16)17;1-12-10-14(8-7-9-19)11-13(2)15(12)18-20-16(3,4)17(5,6)21-18;10-8-3-1-2-6-5-12-9(11)4-7(6)8/h3-7,9-12H,1-2H3;7-8,10-11H,1-6H3;1-5H/b5-4+;8-7+;. The second-order valence-corrected chi connectivity index (χ2v) is 16.2. The summed E-state index contributed by atoms with van der Waals surface area (Å²) in [7, 11) is -0.344. The Morgan fingerprint density at radius 1 is 0.661 bits per heavy atom. The summed E-state index contributed by atoms with van der Waals surface area (Å²) in [6.45, 7) is 16.5. The molecule has 0 aliphatic carbocycles. The van der Waals surface area contributed by atoms with E-state index < -0.39 is 0 Å². The number of pyridine rings is 2. The van der Waals surface area contributed by atoms with Gasteiger partial charge in [-0.15, -0.1) is 0 Å². The highest BCUT2D eigenvalue weighted by atomic mass is 79.9. The van der Waals surface area contributed by atoms with E-state index in [4.69, 9.17) is 43.0 Å². The molecular formula is C46H42BBrCl2N4O2. The van der Waals surface area contributed by atoms with Crippen molar-refractivity contribution in [3.05, 3.63) is 146 Å². The number of rotatable bonds is 4. The third kappa shape index (κ3) is 9.77. The van der Waals surface area contributed by atoms with Crippen molar-refractivity contribution >= 4 is 85.4 Å². The molecule has 6 nitrogen and oxygen atoms in total. The van der Waals surface area contributed by atoms with Gasteiger partial charge in [0.15, 0.2) is 0 Å². The fraction of sp³-hybridized carbons (Fsp3) is 0.217. The van der Waals surface area contributed by atoms with Crippen molar-refractivity contribution in [1.29, 1.82) is 10.5 Å². The Morgan fingerprint density at radius 3 is 1.61 bits per heavy atom. The molecule has 0 radical (unpaired) electrons. The van der Waals surface area contributed by atoms with Crippen LogP contribution in [0.1, 0.15) is 61.1 Å². The molecule has 6 aromatic rings. The molecule has 282 valence electrons. The monoisotopic (exact) mass is 842 g/mol. The topological polar surface area (TPSA) is 91.8 Å². The predicted molar refractivity (Wildman–Crippen MR) is 237 cm³/mol. The zero-order valence-electron chi connectivity index (χ0n) is 32.7. The van der Waals surface area contributed by atoms with E-state index in [1.54, 1.807) is 12.4 Å². The number of hydrogen-bond donors (Lipinski definition) is 0. The maximum Gasteiger partial charge on any atom is 0.495 e. The normalized spacial score (nSPS) is 14.3. The number of hydrogen-bond acceptors (Lipinski definition) is 6. The molecular weight excluding hydrogens is 802 g/mol. The average molecular weight is 844 g/mol. The minimum absolute atomic E-state index is 0.337. The van der Waals surface area contributed by atoms with Gasteiger partial charge in [0.1, 0.15) is 10.3 Å². The van der Waals surface area contributed by atoms with E-state index in [-0.39, 0.29) is 18.3 Å². The van der Waals surface area contributed by atoms with Gasteiger partial charge in [-0.05, 0) is 130 Å². The molecule has 0 atom stereocenters. The quantitative estimate of drug-likeness (QED) is 0.0997. The molecule has 7 rings (SSSR count). The van der Waals surface area contributed by atoms with Gasteiger partial charge in [0, 0.05) is 45.2 Å². The third-order valence-electron chi connectivity index (χ3n) is 10.0. The van der Waals surface area contributed by atoms with Gasteiger partial charge in [-0.25, -0.2) is 9.97 Å². The Balaban J connectivity index is 0.000000168. The zero-order chi connectivity index (χ0) is 40.8. The molecule has 1 saturated heterocycles. The Morgan fingerprint density at radius 2 is 1.11 bits per heavy atom. The van der Waals surface area contributed by atoms with Gasteiger partial charge in [-0.3, -0.25) is 0 Å². The van der Waals surface area contributed by atoms with Crippen molar-refractivity contribution in [2.45, 2.75) is 66.6 Å². The summed E-state index contributed by atoms with van der Waals surface area (Å²) in [6, 6.07) is 28.3. The number of nitriles is 2. The van der Waals surface area contributed by atoms with Crippen LogP contribution in [0.2, 0.25) is 10.3 Å². The summed E-state index contributed by atoms with van der Waals surface area (Å²) in [6.07, 6.45) is 10.2. The van der Waals surface area contributed by atoms with Crippen LogP contribution < -0.4 is 5.46 Å². The van der Waals surface area contributed by atoms with E-state index in [2.05, 4.69) is 112 Å². The number of aryl methyl sites for hydroxylation is 4. The fourth-order valence-electron chi connectivity index (χ4n) is 6.69. The first-order valence-corrected chi connectivity index (χ1v) is 19.5. The maximum absolute atomic E-state index is 8.69. The van der Waals surface area contributed by atoms with Crippen molar-refractivity contribution in [2.24, 2.45) is 0 Å². The van der Waals surface area contributed by atoms with Gasteiger partial charge < -0.3 is 9.31 Å². The Labute approximate surface area is 348 Å². The van der Waals surface area contributed by atoms with Crippen LogP contribution in [0.25, 0.3) is 44.8 Å². The van der Waals surface area contributed by atoms with Crippen LogP contribution in [0, 0.1) is 50.4 Å². The number of fused-ring (bicyclic) bond motifs is 2. The van der Waals surface area contributed by atoms with E-state index in [1.807, 2.05) is 66.8 Å². The van der Waals surface area contributed by atoms with Gasteiger partial charge in [-0.1, -0.05) is 105 Å². The Kier molecular flexibility index (Phi) is 13.6. The van der Waals surface area contributed by atoms with E-state index in [9.17, 15) is 0 Å². The van der Waals surface area contributed by atoms with Crippen LogP contribution in [0.15, 0.2) is 102 Å². The molecule has 1 aliphatic rings. The molecule has 0 unspecified atom stereocenters. The lowest BCUT2D eigenvalue weighted by Crippen LogP contribution is -2.41. The van der Waals surface area contributed by atoms with E-state index in [0.29, 0.717) is 10.3 Å². The SMILES string of the molecule is Cc1cc(/C=C/C#N)cc(C)c1-c1cccc2cnc(Cl)cc12.Cc1cc(/C=C/C#N)cc(C)c1B1OC(C)(C)C(C)(C)O1.Clc1cc2c(Br)cccc2cn1. The summed E-state index contributed by atoms with van der Waals surface area (Å²) in [5.41, 5.74) is 9.39. The molecule has 2 aromatic heterocycles. The molecule has 0 spiro atoms. The summed E-state index contributed by atoms with van der Waals surface area (Å²) >= 11 is 15.3. The number of aromatic nitrogens is 2. The van der Waals surface area contributed by atoms with E-state index >= 15 is 0 Å². The summed E-state index contributed by atoms with van der Waals surface area (Å²) in [5.74, 6) is 0. The largest absolute Gasteiger partial charge is 0.495 e. The molecule has 4 aromatic carbocycles. The smallest absolute Gasteiger partial charge is 0.399 e. The van der Waals surface area contributed by atoms with Gasteiger partial charge in [-0.2, -0.15) is 10.5 Å². The van der Waals surface area contributed by atoms with Crippen LogP contribution in [0.4, 0.5) is 0 Å². The molecule has 56 heavy (non-hydrogen) atoms. The van der Waals surface area contributed by atoms with Gasteiger partial charge >= 0.3 is 7.12 Å². The van der Waals surface area contributed by atoms with Crippen molar-refractivity contribution in [3.63, 3.8) is 0 Å². The molecule has 0 amide bonds. The lowest BCUT2D eigenvalue weighted by atomic mass is 9.73. The van der Waals surface area contributed by atoms with Crippen molar-refractivity contribution in [2.75, 3.05) is 0 Å². The van der Waals surface area contributed by atoms with Crippen LogP contribution >= 0.6 is 39.1 Å². The van der Waals surface area contributed by atoms with Crippen molar-refractivity contribution < 1.29 is 9.31 Å². The zero-order valence-corrected chi connectivity index (χ0v) is 35.8. The summed E-state index contributed by atoms with van der Waals surface area (Å²) in [5, 5.41) is 22.7. The second kappa shape index (κ2) is 18.0. The molecule has 0 bridgehead atoms. The molecule has 0 saturated carbocycles. The minimum atomic E-state index is -0.344. The van der Waals surface area contributed by atoms with Crippen LogP contribution in [-0.4, -0.2) is 28.3 Å². The van der Waals surface area contributed by atoms with Gasteiger partial charge in [0.05, 0.1) is 23.3 Å². The highest BCUT2D eigenvalue weighted by Crippen LogP contribution is 2.37. The molecule has 1 aliphatic heterocycles. The fourth-order valence-corrected chi connectivity index (χ4v) is 7.50. The Bertz CT molecular complexity index is 2510. The first kappa shape index (κ1) is 42.3. The minimum Gasteiger partial charge on any atom is -0.399 e. The third-order valence-corrected chi connectivity index (χ3v) is 11.1. The average Bonchev–Trinajstić information content (AvgIpc) is 3.35. The highest BCUT2D eigenvalue weighted by Gasteiger charge is 2.52. The lowest BCUT2D eigenvalue weighted by molar-refractivity contribution is 0.00578.